The molecule has 1 rings (SSSR count). The maximum absolute atomic E-state index is 9.09. The van der Waals surface area contributed by atoms with Crippen molar-refractivity contribution in [1.29, 1.82) is 0 Å². The van der Waals surface area contributed by atoms with Gasteiger partial charge in [-0.2, -0.15) is 0 Å². The summed E-state index contributed by atoms with van der Waals surface area (Å²) in [5.74, 6) is 0. The molecule has 0 aliphatic carbocycles. The van der Waals surface area contributed by atoms with Crippen LogP contribution in [0.2, 0.25) is 0 Å². The Morgan fingerprint density at radius 2 is 2.14 bits per heavy atom. The average molecular weight is 202 g/mol. The minimum absolute atomic E-state index is 0.0911. The number of piperidine rings is 1. The van der Waals surface area contributed by atoms with Gasteiger partial charge in [-0.05, 0) is 33.0 Å². The number of rotatable bonds is 5. The summed E-state index contributed by atoms with van der Waals surface area (Å²) in [5, 5.41) is 12.5. The number of aliphatic hydroxyl groups is 1. The molecule has 0 bridgehead atoms. The second-order valence-corrected chi connectivity index (χ2v) is 4.08. The van der Waals surface area contributed by atoms with Crippen LogP contribution in [0.5, 0.6) is 0 Å². The van der Waals surface area contributed by atoms with Gasteiger partial charge in [0.2, 0.25) is 0 Å². The highest BCUT2D eigenvalue weighted by Gasteiger charge is 2.19. The lowest BCUT2D eigenvalue weighted by molar-refractivity contribution is 0.112. The minimum Gasteiger partial charge on any atom is -0.395 e. The van der Waals surface area contributed by atoms with Gasteiger partial charge in [-0.15, -0.1) is 0 Å². The number of ether oxygens (including phenoxy) is 1. The predicted molar refractivity (Wildman–Crippen MR) is 56.4 cm³/mol. The molecule has 1 fully saturated rings. The largest absolute Gasteiger partial charge is 0.395 e. The summed E-state index contributed by atoms with van der Waals surface area (Å²) in [6, 6.07) is 0.631. The number of likely N-dealkylation sites (tertiary alicyclic amines) is 1. The van der Waals surface area contributed by atoms with E-state index in [-0.39, 0.29) is 12.6 Å². The Morgan fingerprint density at radius 1 is 1.50 bits per heavy atom. The number of nitrogens with zero attached hydrogens (tertiary/aromatic N) is 1. The van der Waals surface area contributed by atoms with E-state index in [1.807, 2.05) is 0 Å². The number of hydrogen-bond donors (Lipinski definition) is 2. The molecular formula is C10H22N2O2. The molecule has 0 radical (unpaired) electrons. The molecule has 1 aliphatic rings. The van der Waals surface area contributed by atoms with Crippen molar-refractivity contribution in [2.75, 3.05) is 40.5 Å². The van der Waals surface area contributed by atoms with E-state index < -0.39 is 0 Å². The molecule has 1 atom stereocenters. The molecular weight excluding hydrogens is 180 g/mol. The van der Waals surface area contributed by atoms with Crippen LogP contribution in [0.3, 0.4) is 0 Å². The number of nitrogens with one attached hydrogen (secondary N) is 1. The maximum Gasteiger partial charge on any atom is 0.0638 e. The second-order valence-electron chi connectivity index (χ2n) is 4.08. The summed E-state index contributed by atoms with van der Waals surface area (Å²) in [6.07, 6.45) is 2.33. The van der Waals surface area contributed by atoms with E-state index in [0.29, 0.717) is 12.6 Å². The van der Waals surface area contributed by atoms with Crippen LogP contribution in [-0.4, -0.2) is 62.6 Å². The van der Waals surface area contributed by atoms with Crippen LogP contribution in [0.15, 0.2) is 0 Å². The molecule has 0 amide bonds. The third-order valence-corrected chi connectivity index (χ3v) is 2.78. The minimum atomic E-state index is 0.0911. The van der Waals surface area contributed by atoms with Crippen molar-refractivity contribution < 1.29 is 9.84 Å². The fourth-order valence-electron chi connectivity index (χ4n) is 1.86. The van der Waals surface area contributed by atoms with Crippen LogP contribution in [0.4, 0.5) is 0 Å². The Labute approximate surface area is 86.2 Å². The maximum atomic E-state index is 9.09. The van der Waals surface area contributed by atoms with E-state index in [4.69, 9.17) is 9.84 Å². The highest BCUT2D eigenvalue weighted by atomic mass is 16.5. The van der Waals surface area contributed by atoms with Crippen molar-refractivity contribution in [2.24, 2.45) is 0 Å². The highest BCUT2D eigenvalue weighted by molar-refractivity contribution is 4.79. The molecule has 84 valence electrons. The molecule has 4 nitrogen and oxygen atoms in total. The van der Waals surface area contributed by atoms with Crippen LogP contribution < -0.4 is 5.32 Å². The first-order chi connectivity index (χ1) is 6.76. The molecule has 0 aromatic heterocycles. The molecule has 0 spiro atoms. The predicted octanol–water partition coefficient (Wildman–Crippen LogP) is -0.322. The summed E-state index contributed by atoms with van der Waals surface area (Å²) in [6.45, 7) is 3.02. The fourth-order valence-corrected chi connectivity index (χ4v) is 1.86. The summed E-state index contributed by atoms with van der Waals surface area (Å²) >= 11 is 0. The van der Waals surface area contributed by atoms with Crippen LogP contribution in [0.1, 0.15) is 12.8 Å². The van der Waals surface area contributed by atoms with Crippen LogP contribution in [0, 0.1) is 0 Å². The Bertz CT molecular complexity index is 147. The summed E-state index contributed by atoms with van der Waals surface area (Å²) in [4.78, 5) is 2.34. The van der Waals surface area contributed by atoms with Crippen molar-refractivity contribution in [2.45, 2.75) is 24.9 Å². The zero-order valence-electron chi connectivity index (χ0n) is 9.20. The van der Waals surface area contributed by atoms with E-state index in [1.54, 1.807) is 7.11 Å². The SMILES string of the molecule is COCC(CO)NC1CCN(C)CC1. The van der Waals surface area contributed by atoms with Gasteiger partial charge in [-0.25, -0.2) is 0 Å². The Balaban J connectivity index is 2.21. The van der Waals surface area contributed by atoms with Crippen molar-refractivity contribution in [1.82, 2.24) is 10.2 Å². The average Bonchev–Trinajstić information content (AvgIpc) is 2.20. The second kappa shape index (κ2) is 6.35. The summed E-state index contributed by atoms with van der Waals surface area (Å²) in [5.41, 5.74) is 0. The van der Waals surface area contributed by atoms with Gasteiger partial charge in [0.15, 0.2) is 0 Å². The zero-order chi connectivity index (χ0) is 10.4. The molecule has 2 N–H and O–H groups in total. The zero-order valence-corrected chi connectivity index (χ0v) is 9.20. The third-order valence-electron chi connectivity index (χ3n) is 2.78. The van der Waals surface area contributed by atoms with Crippen LogP contribution in [-0.2, 0) is 4.74 Å². The van der Waals surface area contributed by atoms with Crippen LogP contribution in [0.25, 0.3) is 0 Å². The molecule has 0 aromatic carbocycles. The van der Waals surface area contributed by atoms with Gasteiger partial charge in [0.05, 0.1) is 19.3 Å². The number of hydrogen-bond acceptors (Lipinski definition) is 4. The first-order valence-electron chi connectivity index (χ1n) is 5.30. The van der Waals surface area contributed by atoms with Crippen LogP contribution >= 0.6 is 0 Å². The molecule has 1 saturated heterocycles. The summed E-state index contributed by atoms with van der Waals surface area (Å²) in [7, 11) is 3.81. The first kappa shape index (κ1) is 11.9. The number of methoxy groups -OCH3 is 1. The number of aliphatic hydroxyl groups excluding tert-OH is 1. The van der Waals surface area contributed by atoms with Gasteiger partial charge < -0.3 is 20.1 Å². The van der Waals surface area contributed by atoms with E-state index in [1.165, 1.54) is 0 Å². The lowest BCUT2D eigenvalue weighted by Gasteiger charge is -2.31. The van der Waals surface area contributed by atoms with Crippen molar-refractivity contribution in [3.63, 3.8) is 0 Å². The van der Waals surface area contributed by atoms with Gasteiger partial charge >= 0.3 is 0 Å². The topological polar surface area (TPSA) is 44.7 Å². The molecule has 0 aromatic rings. The Hall–Kier alpha value is -0.160. The molecule has 14 heavy (non-hydrogen) atoms. The molecule has 0 saturated carbocycles. The van der Waals surface area contributed by atoms with Crippen molar-refractivity contribution in [3.8, 4) is 0 Å². The third kappa shape index (κ3) is 3.92. The van der Waals surface area contributed by atoms with E-state index >= 15 is 0 Å². The van der Waals surface area contributed by atoms with Crippen molar-refractivity contribution in [3.05, 3.63) is 0 Å². The summed E-state index contributed by atoms with van der Waals surface area (Å²) < 4.78 is 5.02. The Morgan fingerprint density at radius 3 is 2.64 bits per heavy atom. The highest BCUT2D eigenvalue weighted by Crippen LogP contribution is 2.08. The monoisotopic (exact) mass is 202 g/mol. The quantitative estimate of drug-likeness (QED) is 0.641. The molecule has 1 heterocycles. The Kier molecular flexibility index (Phi) is 5.40. The standard InChI is InChI=1S/C10H22N2O2/c1-12-5-3-9(4-6-12)11-10(7-13)8-14-2/h9-11,13H,3-8H2,1-2H3. The van der Waals surface area contributed by atoms with Gasteiger partial charge in [0.25, 0.3) is 0 Å². The van der Waals surface area contributed by atoms with E-state index in [9.17, 15) is 0 Å². The van der Waals surface area contributed by atoms with Gasteiger partial charge in [-0.1, -0.05) is 0 Å². The van der Waals surface area contributed by atoms with E-state index in [2.05, 4.69) is 17.3 Å². The molecule has 4 heteroatoms. The molecule has 1 unspecified atom stereocenters. The van der Waals surface area contributed by atoms with E-state index in [0.717, 1.165) is 25.9 Å². The first-order valence-corrected chi connectivity index (χ1v) is 5.30. The lowest BCUT2D eigenvalue weighted by atomic mass is 10.0. The molecule has 1 aliphatic heterocycles. The fraction of sp³-hybridized carbons (Fsp3) is 1.00. The van der Waals surface area contributed by atoms with Crippen molar-refractivity contribution >= 4 is 0 Å². The van der Waals surface area contributed by atoms with Gasteiger partial charge in [0.1, 0.15) is 0 Å². The lowest BCUT2D eigenvalue weighted by Crippen LogP contribution is -2.48. The van der Waals surface area contributed by atoms with Gasteiger partial charge in [-0.3, -0.25) is 0 Å². The smallest absolute Gasteiger partial charge is 0.0638 e. The normalized spacial score (nSPS) is 22.5. The van der Waals surface area contributed by atoms with Gasteiger partial charge in [0, 0.05) is 13.2 Å².